The molecule has 1 fully saturated rings. The zero-order valence-electron chi connectivity index (χ0n) is 20.5. The maximum Gasteiger partial charge on any atom is 0.482 e. The molecule has 8 nitrogen and oxygen atoms in total. The Bertz CT molecular complexity index is 845. The van der Waals surface area contributed by atoms with Gasteiger partial charge in [-0.1, -0.05) is 12.1 Å². The van der Waals surface area contributed by atoms with Crippen molar-refractivity contribution in [2.24, 2.45) is 0 Å². The summed E-state index contributed by atoms with van der Waals surface area (Å²) in [7, 11) is 0. The number of carbonyl (C=O) groups is 2. The smallest absolute Gasteiger partial charge is 0.482 e. The van der Waals surface area contributed by atoms with Crippen LogP contribution in [0.2, 0.25) is 0 Å². The molecule has 0 bridgehead atoms. The molecule has 0 saturated heterocycles. The third kappa shape index (κ3) is 10.3. The standard InChI is InChI=1S/C24H32F5NO7/c1-2-34-20(21(31)32)16-17-8-10-18(11-9-17)35-15-13-30(22(33)37-19-6-3-4-7-19)12-5-14-36-24(28,29)23(25,26)27/h8-11,19-20H,2-7,12-16H2,1H3,(H,31,32). The Morgan fingerprint density at radius 2 is 1.70 bits per heavy atom. The predicted octanol–water partition coefficient (Wildman–Crippen LogP) is 5.04. The summed E-state index contributed by atoms with van der Waals surface area (Å²) in [6.45, 7) is 0.861. The molecule has 37 heavy (non-hydrogen) atoms. The Labute approximate surface area is 211 Å². The first-order chi connectivity index (χ1) is 17.4. The summed E-state index contributed by atoms with van der Waals surface area (Å²) in [5, 5.41) is 9.19. The number of benzene rings is 1. The van der Waals surface area contributed by atoms with Gasteiger partial charge in [-0.15, -0.1) is 0 Å². The van der Waals surface area contributed by atoms with Gasteiger partial charge in [-0.05, 0) is 56.7 Å². The molecule has 2 rings (SSSR count). The van der Waals surface area contributed by atoms with E-state index < -0.39 is 37.1 Å². The molecular weight excluding hydrogens is 509 g/mol. The van der Waals surface area contributed by atoms with Gasteiger partial charge in [0.05, 0.1) is 13.2 Å². The normalized spacial score (nSPS) is 15.4. The first-order valence-electron chi connectivity index (χ1n) is 12.0. The number of nitrogens with zero attached hydrogens (tertiary/aromatic N) is 1. The molecule has 1 amide bonds. The molecule has 1 N–H and O–H groups in total. The van der Waals surface area contributed by atoms with E-state index in [1.807, 2.05) is 0 Å². The summed E-state index contributed by atoms with van der Waals surface area (Å²) >= 11 is 0. The van der Waals surface area contributed by atoms with Gasteiger partial charge in [-0.25, -0.2) is 9.59 Å². The number of ether oxygens (including phenoxy) is 4. The molecule has 1 aromatic carbocycles. The van der Waals surface area contributed by atoms with E-state index in [0.717, 1.165) is 12.8 Å². The first kappa shape index (κ1) is 30.6. The molecule has 1 aliphatic carbocycles. The zero-order valence-corrected chi connectivity index (χ0v) is 20.5. The third-order valence-electron chi connectivity index (χ3n) is 5.63. The summed E-state index contributed by atoms with van der Waals surface area (Å²) < 4.78 is 82.6. The Morgan fingerprint density at radius 1 is 1.05 bits per heavy atom. The molecule has 210 valence electrons. The van der Waals surface area contributed by atoms with Gasteiger partial charge in [0.1, 0.15) is 18.5 Å². The Kier molecular flexibility index (Phi) is 11.8. The predicted molar refractivity (Wildman–Crippen MR) is 121 cm³/mol. The van der Waals surface area contributed by atoms with E-state index in [1.165, 1.54) is 4.90 Å². The topological polar surface area (TPSA) is 94.5 Å². The second-order valence-electron chi connectivity index (χ2n) is 8.47. The van der Waals surface area contributed by atoms with Crippen LogP contribution in [0.5, 0.6) is 5.75 Å². The highest BCUT2D eigenvalue weighted by molar-refractivity contribution is 5.72. The van der Waals surface area contributed by atoms with E-state index in [4.69, 9.17) is 14.2 Å². The van der Waals surface area contributed by atoms with E-state index in [2.05, 4.69) is 4.74 Å². The van der Waals surface area contributed by atoms with E-state index in [0.29, 0.717) is 24.2 Å². The summed E-state index contributed by atoms with van der Waals surface area (Å²) in [6.07, 6.45) is -9.92. The van der Waals surface area contributed by atoms with Gasteiger partial charge in [0.25, 0.3) is 0 Å². The van der Waals surface area contributed by atoms with Crippen LogP contribution in [0.1, 0.15) is 44.6 Å². The van der Waals surface area contributed by atoms with Gasteiger partial charge in [0.2, 0.25) is 0 Å². The average Bonchev–Trinajstić information content (AvgIpc) is 3.33. The molecule has 1 atom stereocenters. The molecule has 1 aliphatic rings. The van der Waals surface area contributed by atoms with Gasteiger partial charge in [0, 0.05) is 19.6 Å². The monoisotopic (exact) mass is 541 g/mol. The molecular formula is C24H32F5NO7. The highest BCUT2D eigenvalue weighted by Crippen LogP contribution is 2.36. The van der Waals surface area contributed by atoms with Crippen molar-refractivity contribution in [3.63, 3.8) is 0 Å². The second-order valence-corrected chi connectivity index (χ2v) is 8.47. The van der Waals surface area contributed by atoms with Crippen molar-refractivity contribution in [3.8, 4) is 5.75 Å². The average molecular weight is 542 g/mol. The van der Waals surface area contributed by atoms with Crippen molar-refractivity contribution >= 4 is 12.1 Å². The molecule has 1 saturated carbocycles. The van der Waals surface area contributed by atoms with Crippen LogP contribution < -0.4 is 4.74 Å². The lowest BCUT2D eigenvalue weighted by molar-refractivity contribution is -0.391. The molecule has 0 radical (unpaired) electrons. The number of aliphatic carboxylic acids is 1. The van der Waals surface area contributed by atoms with Crippen molar-refractivity contribution in [3.05, 3.63) is 29.8 Å². The molecule has 0 aromatic heterocycles. The second kappa shape index (κ2) is 14.3. The lowest BCUT2D eigenvalue weighted by atomic mass is 10.1. The first-order valence-corrected chi connectivity index (χ1v) is 12.0. The minimum Gasteiger partial charge on any atom is -0.492 e. The van der Waals surface area contributed by atoms with Crippen LogP contribution in [-0.4, -0.2) is 79.5 Å². The lowest BCUT2D eigenvalue weighted by Crippen LogP contribution is -2.41. The molecule has 13 heteroatoms. The van der Waals surface area contributed by atoms with E-state index in [9.17, 15) is 36.6 Å². The van der Waals surface area contributed by atoms with Gasteiger partial charge in [0.15, 0.2) is 6.10 Å². The summed E-state index contributed by atoms with van der Waals surface area (Å²) in [5.41, 5.74) is 0.714. The Balaban J connectivity index is 1.88. The molecule has 0 heterocycles. The minimum absolute atomic E-state index is 0.00459. The van der Waals surface area contributed by atoms with Crippen LogP contribution in [0.4, 0.5) is 26.7 Å². The SMILES string of the molecule is CCOC(Cc1ccc(OCCN(CCCOC(F)(F)C(F)(F)F)C(=O)OC2CCCC2)cc1)C(=O)O. The summed E-state index contributed by atoms with van der Waals surface area (Å²) in [4.78, 5) is 25.0. The maximum atomic E-state index is 12.9. The van der Waals surface area contributed by atoms with Crippen LogP contribution in [0.3, 0.4) is 0 Å². The number of carboxylic acids is 1. The van der Waals surface area contributed by atoms with Crippen molar-refractivity contribution in [2.45, 2.75) is 69.9 Å². The number of carbonyl (C=O) groups excluding carboxylic acids is 1. The third-order valence-corrected chi connectivity index (χ3v) is 5.63. The van der Waals surface area contributed by atoms with Crippen molar-refractivity contribution in [1.82, 2.24) is 4.90 Å². The number of hydrogen-bond donors (Lipinski definition) is 1. The van der Waals surface area contributed by atoms with Crippen LogP contribution in [0.15, 0.2) is 24.3 Å². The molecule has 0 spiro atoms. The van der Waals surface area contributed by atoms with Gasteiger partial charge in [-0.3, -0.25) is 0 Å². The highest BCUT2D eigenvalue weighted by Gasteiger charge is 2.59. The number of hydrogen-bond acceptors (Lipinski definition) is 6. The van der Waals surface area contributed by atoms with E-state index in [1.54, 1.807) is 31.2 Å². The minimum atomic E-state index is -5.82. The van der Waals surface area contributed by atoms with E-state index >= 15 is 0 Å². The van der Waals surface area contributed by atoms with Crippen LogP contribution in [-0.2, 0) is 25.4 Å². The van der Waals surface area contributed by atoms with Crippen molar-refractivity contribution in [2.75, 3.05) is 32.9 Å². The van der Waals surface area contributed by atoms with Gasteiger partial charge >= 0.3 is 24.3 Å². The van der Waals surface area contributed by atoms with Gasteiger partial charge < -0.3 is 29.0 Å². The Hall–Kier alpha value is -2.67. The highest BCUT2D eigenvalue weighted by atomic mass is 19.4. The van der Waals surface area contributed by atoms with Crippen LogP contribution in [0, 0.1) is 0 Å². The molecule has 1 aromatic rings. The van der Waals surface area contributed by atoms with Crippen molar-refractivity contribution in [1.29, 1.82) is 0 Å². The fourth-order valence-corrected chi connectivity index (χ4v) is 3.68. The summed E-state index contributed by atoms with van der Waals surface area (Å²) in [6, 6.07) is 6.59. The van der Waals surface area contributed by atoms with Crippen LogP contribution in [0.25, 0.3) is 0 Å². The summed E-state index contributed by atoms with van der Waals surface area (Å²) in [5.74, 6) is -0.636. The van der Waals surface area contributed by atoms with E-state index in [-0.39, 0.29) is 45.2 Å². The fourth-order valence-electron chi connectivity index (χ4n) is 3.68. The zero-order chi connectivity index (χ0) is 27.5. The lowest BCUT2D eigenvalue weighted by Gasteiger charge is -2.25. The number of alkyl halides is 5. The number of rotatable bonds is 15. The Morgan fingerprint density at radius 3 is 2.27 bits per heavy atom. The number of amides is 1. The number of halogens is 5. The molecule has 0 aliphatic heterocycles. The number of carboxylic acid groups (broad SMARTS) is 1. The largest absolute Gasteiger partial charge is 0.492 e. The van der Waals surface area contributed by atoms with Crippen molar-refractivity contribution < 1.29 is 55.6 Å². The van der Waals surface area contributed by atoms with Gasteiger partial charge in [-0.2, -0.15) is 22.0 Å². The fraction of sp³-hybridized carbons (Fsp3) is 0.667. The molecule has 1 unspecified atom stereocenters. The maximum absolute atomic E-state index is 12.9. The van der Waals surface area contributed by atoms with Crippen LogP contribution >= 0.6 is 0 Å². The quantitative estimate of drug-likeness (QED) is 0.246.